The first-order valence-corrected chi connectivity index (χ1v) is 5.92. The van der Waals surface area contributed by atoms with Gasteiger partial charge in [-0.2, -0.15) is 13.2 Å². The van der Waals surface area contributed by atoms with Gasteiger partial charge < -0.3 is 14.9 Å². The van der Waals surface area contributed by atoms with Crippen molar-refractivity contribution in [2.45, 2.75) is 38.4 Å². The van der Waals surface area contributed by atoms with Crippen molar-refractivity contribution in [3.63, 3.8) is 0 Å². The van der Waals surface area contributed by atoms with Crippen molar-refractivity contribution in [3.8, 4) is 0 Å². The highest BCUT2D eigenvalue weighted by Crippen LogP contribution is 2.40. The van der Waals surface area contributed by atoms with E-state index >= 15 is 0 Å². The molecule has 1 aliphatic rings. The number of rotatable bonds is 2. The summed E-state index contributed by atoms with van der Waals surface area (Å²) < 4.78 is 48.7. The van der Waals surface area contributed by atoms with Gasteiger partial charge in [0.2, 0.25) is 5.76 Å². The van der Waals surface area contributed by atoms with E-state index in [2.05, 4.69) is 0 Å². The van der Waals surface area contributed by atoms with Crippen molar-refractivity contribution >= 4 is 0 Å². The maximum atomic E-state index is 12.8. The third-order valence-corrected chi connectivity index (χ3v) is 3.36. The second-order valence-corrected chi connectivity index (χ2v) is 4.49. The van der Waals surface area contributed by atoms with E-state index < -0.39 is 11.9 Å². The zero-order chi connectivity index (χ0) is 13.3. The normalized spacial score (nSPS) is 18.3. The lowest BCUT2D eigenvalue weighted by Crippen LogP contribution is -2.14. The van der Waals surface area contributed by atoms with Crippen LogP contribution in [-0.2, 0) is 17.5 Å². The number of nitrogens with two attached hydrogens (primary N) is 1. The highest BCUT2D eigenvalue weighted by atomic mass is 19.4. The van der Waals surface area contributed by atoms with Crippen molar-refractivity contribution in [2.24, 2.45) is 5.73 Å². The summed E-state index contributed by atoms with van der Waals surface area (Å²) in [6.45, 7) is 2.60. The van der Waals surface area contributed by atoms with Crippen molar-refractivity contribution in [1.82, 2.24) is 0 Å². The van der Waals surface area contributed by atoms with Gasteiger partial charge in [0, 0.05) is 31.2 Å². The number of furan rings is 1. The highest BCUT2D eigenvalue weighted by molar-refractivity contribution is 5.35. The summed E-state index contributed by atoms with van der Waals surface area (Å²) in [7, 11) is 0. The van der Waals surface area contributed by atoms with Crippen LogP contribution in [0.1, 0.15) is 41.4 Å². The minimum atomic E-state index is -4.48. The third-order valence-electron chi connectivity index (χ3n) is 3.36. The number of ether oxygens (including phenoxy) is 1. The summed E-state index contributed by atoms with van der Waals surface area (Å²) in [5, 5.41) is 0. The average Bonchev–Trinajstić information content (AvgIpc) is 2.67. The van der Waals surface area contributed by atoms with Gasteiger partial charge in [-0.3, -0.25) is 0 Å². The minimum absolute atomic E-state index is 0.000139. The van der Waals surface area contributed by atoms with Crippen molar-refractivity contribution in [3.05, 3.63) is 22.6 Å². The first-order valence-electron chi connectivity index (χ1n) is 5.92. The molecule has 1 saturated heterocycles. The molecular formula is C12H16F3NO2. The number of alkyl halides is 3. The summed E-state index contributed by atoms with van der Waals surface area (Å²) in [6.07, 6.45) is -3.10. The van der Waals surface area contributed by atoms with E-state index in [4.69, 9.17) is 14.9 Å². The summed E-state index contributed by atoms with van der Waals surface area (Å²) in [6, 6.07) is 0. The van der Waals surface area contributed by atoms with Crippen molar-refractivity contribution in [2.75, 3.05) is 13.2 Å². The van der Waals surface area contributed by atoms with Crippen LogP contribution in [0.5, 0.6) is 0 Å². The molecule has 1 aromatic rings. The molecule has 0 radical (unpaired) electrons. The zero-order valence-corrected chi connectivity index (χ0v) is 10.1. The summed E-state index contributed by atoms with van der Waals surface area (Å²) in [4.78, 5) is 0. The van der Waals surface area contributed by atoms with E-state index in [1.54, 1.807) is 6.92 Å². The van der Waals surface area contributed by atoms with Crippen LogP contribution in [0.4, 0.5) is 13.2 Å². The van der Waals surface area contributed by atoms with E-state index in [1.807, 2.05) is 0 Å². The molecule has 0 bridgehead atoms. The Labute approximate surface area is 103 Å². The van der Waals surface area contributed by atoms with Gasteiger partial charge in [0.05, 0.1) is 0 Å². The summed E-state index contributed by atoms with van der Waals surface area (Å²) >= 11 is 0. The lowest BCUT2D eigenvalue weighted by atomic mass is 9.94. The first kappa shape index (κ1) is 13.4. The van der Waals surface area contributed by atoms with Crippen LogP contribution in [0.15, 0.2) is 4.42 Å². The van der Waals surface area contributed by atoms with Gasteiger partial charge in [0.25, 0.3) is 0 Å². The molecule has 18 heavy (non-hydrogen) atoms. The molecule has 0 unspecified atom stereocenters. The molecule has 2 N–H and O–H groups in total. The predicted molar refractivity (Wildman–Crippen MR) is 59.1 cm³/mol. The number of hydrogen-bond donors (Lipinski definition) is 1. The van der Waals surface area contributed by atoms with Crippen LogP contribution in [0, 0.1) is 6.92 Å². The first-order chi connectivity index (χ1) is 8.45. The highest BCUT2D eigenvalue weighted by Gasteiger charge is 2.40. The monoisotopic (exact) mass is 263 g/mol. The Bertz CT molecular complexity index is 420. The Kier molecular flexibility index (Phi) is 3.68. The molecule has 3 nitrogen and oxygen atoms in total. The topological polar surface area (TPSA) is 48.4 Å². The molecule has 0 spiro atoms. The standard InChI is InChI=1S/C12H16F3NO2/c1-7-9(6-16)11(12(13,14)15)18-10(7)8-2-4-17-5-3-8/h8H,2-6,16H2,1H3. The maximum absolute atomic E-state index is 12.8. The fourth-order valence-corrected chi connectivity index (χ4v) is 2.39. The molecule has 1 fully saturated rings. The van der Waals surface area contributed by atoms with Gasteiger partial charge in [0.1, 0.15) is 5.76 Å². The van der Waals surface area contributed by atoms with Crippen LogP contribution in [0.2, 0.25) is 0 Å². The Balaban J connectivity index is 2.39. The quantitative estimate of drug-likeness (QED) is 0.892. The van der Waals surface area contributed by atoms with Crippen molar-refractivity contribution < 1.29 is 22.3 Å². The molecule has 0 saturated carbocycles. The molecular weight excluding hydrogens is 247 g/mol. The van der Waals surface area contributed by atoms with E-state index in [0.29, 0.717) is 37.4 Å². The second kappa shape index (κ2) is 4.93. The molecule has 2 heterocycles. The fraction of sp³-hybridized carbons (Fsp3) is 0.667. The van der Waals surface area contributed by atoms with Gasteiger partial charge in [0.15, 0.2) is 0 Å². The van der Waals surface area contributed by atoms with Crippen LogP contribution >= 0.6 is 0 Å². The summed E-state index contributed by atoms with van der Waals surface area (Å²) in [5.74, 6) is -0.518. The third kappa shape index (κ3) is 2.40. The number of hydrogen-bond acceptors (Lipinski definition) is 3. The van der Waals surface area contributed by atoms with Gasteiger partial charge in [-0.05, 0) is 25.3 Å². The smallest absolute Gasteiger partial charge is 0.449 e. The molecule has 1 aliphatic heterocycles. The average molecular weight is 263 g/mol. The van der Waals surface area contributed by atoms with Crippen LogP contribution in [-0.4, -0.2) is 13.2 Å². The molecule has 0 aliphatic carbocycles. The molecule has 6 heteroatoms. The lowest BCUT2D eigenvalue weighted by Gasteiger charge is -2.20. The SMILES string of the molecule is Cc1c(C2CCOCC2)oc(C(F)(F)F)c1CN. The minimum Gasteiger partial charge on any atom is -0.456 e. The Morgan fingerprint density at radius 1 is 1.28 bits per heavy atom. The van der Waals surface area contributed by atoms with Gasteiger partial charge in [-0.25, -0.2) is 0 Å². The molecule has 0 atom stereocenters. The molecule has 102 valence electrons. The Hall–Kier alpha value is -1.01. The van der Waals surface area contributed by atoms with E-state index in [9.17, 15) is 13.2 Å². The maximum Gasteiger partial charge on any atom is 0.449 e. The molecule has 1 aromatic heterocycles. The Morgan fingerprint density at radius 3 is 2.33 bits per heavy atom. The van der Waals surface area contributed by atoms with Gasteiger partial charge >= 0.3 is 6.18 Å². The summed E-state index contributed by atoms with van der Waals surface area (Å²) in [5.41, 5.74) is 6.02. The van der Waals surface area contributed by atoms with Gasteiger partial charge in [-0.15, -0.1) is 0 Å². The zero-order valence-electron chi connectivity index (χ0n) is 10.1. The van der Waals surface area contributed by atoms with Crippen LogP contribution in [0.3, 0.4) is 0 Å². The largest absolute Gasteiger partial charge is 0.456 e. The van der Waals surface area contributed by atoms with Gasteiger partial charge in [-0.1, -0.05) is 0 Å². The second-order valence-electron chi connectivity index (χ2n) is 4.49. The predicted octanol–water partition coefficient (Wildman–Crippen LogP) is 2.96. The van der Waals surface area contributed by atoms with Crippen LogP contribution < -0.4 is 5.73 Å². The van der Waals surface area contributed by atoms with Crippen LogP contribution in [0.25, 0.3) is 0 Å². The van der Waals surface area contributed by atoms with Crippen molar-refractivity contribution in [1.29, 1.82) is 0 Å². The molecule has 2 rings (SSSR count). The Morgan fingerprint density at radius 2 is 1.89 bits per heavy atom. The fourth-order valence-electron chi connectivity index (χ4n) is 2.39. The number of halogens is 3. The molecule has 0 amide bonds. The lowest BCUT2D eigenvalue weighted by molar-refractivity contribution is -0.154. The van der Waals surface area contributed by atoms with E-state index in [0.717, 1.165) is 0 Å². The van der Waals surface area contributed by atoms with E-state index in [-0.39, 0.29) is 18.0 Å². The van der Waals surface area contributed by atoms with E-state index in [1.165, 1.54) is 0 Å². The molecule has 0 aromatic carbocycles.